The van der Waals surface area contributed by atoms with Crippen molar-refractivity contribution in [3.63, 3.8) is 0 Å². The highest BCUT2D eigenvalue weighted by Gasteiger charge is 2.23. The summed E-state index contributed by atoms with van der Waals surface area (Å²) in [6.45, 7) is 10.8. The van der Waals surface area contributed by atoms with Crippen molar-refractivity contribution in [1.29, 1.82) is 0 Å². The number of nitrogens with one attached hydrogen (secondary N) is 1. The Balaban J connectivity index is 1.91. The summed E-state index contributed by atoms with van der Waals surface area (Å²) in [5.41, 5.74) is 0.0184. The normalized spacial score (nSPS) is 12.3. The molecule has 1 unspecified atom stereocenters. The minimum Gasteiger partial charge on any atom is -0.480 e. The van der Waals surface area contributed by atoms with Crippen LogP contribution in [-0.4, -0.2) is 47.7 Å². The number of hydrogen-bond donors (Lipinski definition) is 2. The fourth-order valence-corrected chi connectivity index (χ4v) is 3.73. The molecule has 0 bridgehead atoms. The number of aliphatic carboxylic acids is 1. The fourth-order valence-electron chi connectivity index (χ4n) is 3.73. The van der Waals surface area contributed by atoms with Crippen LogP contribution in [0.5, 0.6) is 0 Å². The third kappa shape index (κ3) is 8.42. The molecule has 2 rings (SSSR count). The quantitative estimate of drug-likeness (QED) is 0.249. The largest absolute Gasteiger partial charge is 0.480 e. The Morgan fingerprint density at radius 2 is 1.77 bits per heavy atom. The SMILES string of the molecule is CCN(CC)c1ccc2cc(C(=O)CCCCCC(NC(=O)OC(C)(C)C)C(=O)O)c(=O)oc2c1. The number of carbonyl (C=O) groups is 3. The van der Waals surface area contributed by atoms with Gasteiger partial charge in [-0.15, -0.1) is 0 Å². The molecule has 0 saturated heterocycles. The number of ketones is 1. The van der Waals surface area contributed by atoms with E-state index in [4.69, 9.17) is 9.15 Å². The maximum atomic E-state index is 12.6. The minimum atomic E-state index is -1.15. The number of ether oxygens (including phenoxy) is 1. The predicted octanol–water partition coefficient (Wildman–Crippen LogP) is 4.75. The van der Waals surface area contributed by atoms with Crippen molar-refractivity contribution in [2.45, 2.75) is 78.4 Å². The van der Waals surface area contributed by atoms with E-state index in [1.807, 2.05) is 32.0 Å². The summed E-state index contributed by atoms with van der Waals surface area (Å²) in [7, 11) is 0. The number of carbonyl (C=O) groups excluding carboxylic acids is 2. The average molecular weight is 489 g/mol. The van der Waals surface area contributed by atoms with Crippen molar-refractivity contribution in [3.8, 4) is 0 Å². The first-order chi connectivity index (χ1) is 16.4. The molecule has 9 nitrogen and oxygen atoms in total. The topological polar surface area (TPSA) is 126 Å². The molecule has 9 heteroatoms. The van der Waals surface area contributed by atoms with Gasteiger partial charge in [-0.3, -0.25) is 4.79 Å². The zero-order chi connectivity index (χ0) is 26.2. The van der Waals surface area contributed by atoms with Crippen molar-refractivity contribution in [1.82, 2.24) is 5.32 Å². The van der Waals surface area contributed by atoms with Crippen molar-refractivity contribution in [2.75, 3.05) is 18.0 Å². The van der Waals surface area contributed by atoms with E-state index in [1.54, 1.807) is 26.8 Å². The van der Waals surface area contributed by atoms with Crippen LogP contribution >= 0.6 is 0 Å². The summed E-state index contributed by atoms with van der Waals surface area (Å²) in [6, 6.07) is 6.08. The van der Waals surface area contributed by atoms with E-state index in [2.05, 4.69) is 10.2 Å². The number of carboxylic acids is 1. The van der Waals surface area contributed by atoms with E-state index in [-0.39, 0.29) is 24.2 Å². The molecule has 2 N–H and O–H groups in total. The van der Waals surface area contributed by atoms with Gasteiger partial charge in [-0.05, 0) is 65.7 Å². The van der Waals surface area contributed by atoms with Gasteiger partial charge in [0.25, 0.3) is 0 Å². The molecule has 1 aromatic carbocycles. The van der Waals surface area contributed by atoms with Gasteiger partial charge in [-0.25, -0.2) is 14.4 Å². The van der Waals surface area contributed by atoms with Gasteiger partial charge in [0.05, 0.1) is 0 Å². The van der Waals surface area contributed by atoms with E-state index >= 15 is 0 Å². The van der Waals surface area contributed by atoms with Gasteiger partial charge < -0.3 is 24.5 Å². The lowest BCUT2D eigenvalue weighted by Gasteiger charge is -2.22. The Hall–Kier alpha value is -3.36. The van der Waals surface area contributed by atoms with Gasteiger partial charge in [0, 0.05) is 36.7 Å². The molecule has 2 aromatic rings. The molecule has 0 saturated carbocycles. The van der Waals surface area contributed by atoms with Gasteiger partial charge in [0.15, 0.2) is 5.78 Å². The summed E-state index contributed by atoms with van der Waals surface area (Å²) in [4.78, 5) is 50.4. The fraction of sp³-hybridized carbons (Fsp3) is 0.538. The number of nitrogens with zero attached hydrogens (tertiary/aromatic N) is 1. The van der Waals surface area contributed by atoms with Crippen molar-refractivity contribution >= 4 is 34.5 Å². The van der Waals surface area contributed by atoms with E-state index in [0.29, 0.717) is 30.2 Å². The molecule has 35 heavy (non-hydrogen) atoms. The Morgan fingerprint density at radius 3 is 2.37 bits per heavy atom. The molecule has 192 valence electrons. The Kier molecular flexibility index (Phi) is 9.86. The number of anilines is 1. The van der Waals surface area contributed by atoms with Crippen LogP contribution in [0.25, 0.3) is 11.0 Å². The van der Waals surface area contributed by atoms with Crippen LogP contribution in [-0.2, 0) is 9.53 Å². The highest BCUT2D eigenvalue weighted by molar-refractivity contribution is 5.98. The van der Waals surface area contributed by atoms with Crippen molar-refractivity contribution < 1.29 is 28.6 Å². The number of Topliss-reactive ketones (excluding diaryl/α,β-unsaturated/α-hetero) is 1. The summed E-state index contributed by atoms with van der Waals surface area (Å²) < 4.78 is 10.5. The summed E-state index contributed by atoms with van der Waals surface area (Å²) in [5.74, 6) is -1.46. The molecule has 1 amide bonds. The minimum absolute atomic E-state index is 0.0168. The standard InChI is InChI=1S/C26H36N2O7/c1-6-28(7-2)18-14-13-17-15-19(24(32)34-22(17)16-18)21(29)12-10-8-9-11-20(23(30)31)27-25(33)35-26(3,4)5/h13-16,20H,6-12H2,1-5H3,(H,27,33)(H,30,31). The summed E-state index contributed by atoms with van der Waals surface area (Å²) >= 11 is 0. The molecule has 0 spiro atoms. The molecule has 1 aromatic heterocycles. The Bertz CT molecular complexity index is 1100. The molecule has 1 heterocycles. The van der Waals surface area contributed by atoms with Crippen LogP contribution in [0.15, 0.2) is 33.5 Å². The van der Waals surface area contributed by atoms with Crippen LogP contribution in [0.4, 0.5) is 10.5 Å². The first-order valence-corrected chi connectivity index (χ1v) is 12.0. The predicted molar refractivity (Wildman–Crippen MR) is 134 cm³/mol. The van der Waals surface area contributed by atoms with E-state index < -0.39 is 29.3 Å². The van der Waals surface area contributed by atoms with E-state index in [0.717, 1.165) is 18.8 Å². The van der Waals surface area contributed by atoms with Gasteiger partial charge in [0.2, 0.25) is 0 Å². The Morgan fingerprint density at radius 1 is 1.09 bits per heavy atom. The van der Waals surface area contributed by atoms with Crippen LogP contribution in [0.3, 0.4) is 0 Å². The van der Waals surface area contributed by atoms with Crippen molar-refractivity contribution in [2.24, 2.45) is 0 Å². The molecule has 0 aliphatic rings. The number of carboxylic acid groups (broad SMARTS) is 1. The maximum Gasteiger partial charge on any atom is 0.408 e. The number of hydrogen-bond acceptors (Lipinski definition) is 7. The van der Waals surface area contributed by atoms with Crippen molar-refractivity contribution in [3.05, 3.63) is 40.2 Å². The smallest absolute Gasteiger partial charge is 0.408 e. The molecular formula is C26H36N2O7. The van der Waals surface area contributed by atoms with E-state index in [1.165, 1.54) is 0 Å². The zero-order valence-corrected chi connectivity index (χ0v) is 21.2. The average Bonchev–Trinajstić information content (AvgIpc) is 2.76. The number of unbranched alkanes of at least 4 members (excludes halogenated alkanes) is 2. The highest BCUT2D eigenvalue weighted by Crippen LogP contribution is 2.22. The number of amides is 1. The lowest BCUT2D eigenvalue weighted by molar-refractivity contribution is -0.139. The highest BCUT2D eigenvalue weighted by atomic mass is 16.6. The molecule has 0 aliphatic carbocycles. The molecule has 0 aliphatic heterocycles. The van der Waals surface area contributed by atoms with Crippen LogP contribution in [0.2, 0.25) is 0 Å². The molecule has 1 atom stereocenters. The number of alkyl carbamates (subject to hydrolysis) is 1. The first-order valence-electron chi connectivity index (χ1n) is 12.0. The lowest BCUT2D eigenvalue weighted by Crippen LogP contribution is -2.43. The third-order valence-electron chi connectivity index (χ3n) is 5.53. The Labute approximate surface area is 205 Å². The first kappa shape index (κ1) is 27.9. The van der Waals surface area contributed by atoms with Gasteiger partial charge >= 0.3 is 17.7 Å². The van der Waals surface area contributed by atoms with Crippen LogP contribution < -0.4 is 15.8 Å². The lowest BCUT2D eigenvalue weighted by atomic mass is 10.0. The number of benzene rings is 1. The molecule has 0 fully saturated rings. The van der Waals surface area contributed by atoms with Gasteiger partial charge in [-0.2, -0.15) is 0 Å². The number of fused-ring (bicyclic) bond motifs is 1. The van der Waals surface area contributed by atoms with Gasteiger partial charge in [-0.1, -0.05) is 12.8 Å². The number of rotatable bonds is 12. The molecule has 0 radical (unpaired) electrons. The summed E-state index contributed by atoms with van der Waals surface area (Å²) in [5, 5.41) is 12.4. The zero-order valence-electron chi connectivity index (χ0n) is 21.2. The summed E-state index contributed by atoms with van der Waals surface area (Å²) in [6.07, 6.45) is 1.10. The monoisotopic (exact) mass is 488 g/mol. The molecular weight excluding hydrogens is 452 g/mol. The second kappa shape index (κ2) is 12.4. The van der Waals surface area contributed by atoms with Crippen LogP contribution in [0.1, 0.15) is 77.1 Å². The third-order valence-corrected chi connectivity index (χ3v) is 5.53. The second-order valence-corrected chi connectivity index (χ2v) is 9.40. The maximum absolute atomic E-state index is 12.6. The van der Waals surface area contributed by atoms with Gasteiger partial charge in [0.1, 0.15) is 22.8 Å². The van der Waals surface area contributed by atoms with Crippen LogP contribution in [0, 0.1) is 0 Å². The second-order valence-electron chi connectivity index (χ2n) is 9.40. The van der Waals surface area contributed by atoms with E-state index in [9.17, 15) is 24.3 Å².